The van der Waals surface area contributed by atoms with Gasteiger partial charge in [-0.25, -0.2) is 14.5 Å². The molecule has 0 fully saturated rings. The van der Waals surface area contributed by atoms with Crippen LogP contribution in [0.15, 0.2) is 35.4 Å². The van der Waals surface area contributed by atoms with Crippen molar-refractivity contribution in [2.75, 3.05) is 18.6 Å². The summed E-state index contributed by atoms with van der Waals surface area (Å²) in [6, 6.07) is 2.87. The molecule has 1 unspecified atom stereocenters. The van der Waals surface area contributed by atoms with Gasteiger partial charge >= 0.3 is 6.36 Å². The van der Waals surface area contributed by atoms with Crippen LogP contribution in [0.4, 0.5) is 23.2 Å². The number of rotatable bonds is 5. The molecule has 2 aromatic heterocycles. The van der Waals surface area contributed by atoms with E-state index >= 15 is 0 Å². The molecule has 0 amide bonds. The van der Waals surface area contributed by atoms with Gasteiger partial charge in [-0.1, -0.05) is 11.6 Å². The zero-order valence-electron chi connectivity index (χ0n) is 16.5. The lowest BCUT2D eigenvalue weighted by Crippen LogP contribution is -2.36. The Morgan fingerprint density at radius 3 is 2.75 bits per heavy atom. The highest BCUT2D eigenvalue weighted by atomic mass is 35.5. The molecule has 0 bridgehead atoms. The Bertz CT molecular complexity index is 1200. The molecule has 170 valence electrons. The maximum Gasteiger partial charge on any atom is 0.573 e. The van der Waals surface area contributed by atoms with Gasteiger partial charge in [-0.3, -0.25) is 4.79 Å². The van der Waals surface area contributed by atoms with Gasteiger partial charge in [-0.15, -0.1) is 13.2 Å². The lowest BCUT2D eigenvalue weighted by atomic mass is 10.0. The number of anilines is 1. The fourth-order valence-corrected chi connectivity index (χ4v) is 3.85. The lowest BCUT2D eigenvalue weighted by molar-refractivity contribution is -0.275. The first-order chi connectivity index (χ1) is 15.2. The lowest BCUT2D eigenvalue weighted by Gasteiger charge is -2.31. The first-order valence-electron chi connectivity index (χ1n) is 9.28. The summed E-state index contributed by atoms with van der Waals surface area (Å²) in [6.45, 7) is 1.08. The van der Waals surface area contributed by atoms with Crippen LogP contribution in [0.25, 0.3) is 0 Å². The molecule has 0 aliphatic carbocycles. The van der Waals surface area contributed by atoms with Crippen LogP contribution in [0.3, 0.4) is 0 Å². The van der Waals surface area contributed by atoms with Gasteiger partial charge in [0.25, 0.3) is 5.56 Å². The summed E-state index contributed by atoms with van der Waals surface area (Å²) >= 11 is 6.09. The van der Waals surface area contributed by atoms with Crippen molar-refractivity contribution in [2.45, 2.75) is 25.6 Å². The first kappa shape index (κ1) is 22.1. The van der Waals surface area contributed by atoms with E-state index in [1.807, 2.05) is 4.90 Å². The van der Waals surface area contributed by atoms with Gasteiger partial charge in [0.2, 0.25) is 0 Å². The molecule has 3 aromatic rings. The number of nitrogens with zero attached hydrogens (tertiary/aromatic N) is 4. The fraction of sp³-hybridized carbons (Fsp3) is 0.316. The molecule has 1 atom stereocenters. The minimum absolute atomic E-state index is 0.00167. The van der Waals surface area contributed by atoms with Crippen LogP contribution in [0.5, 0.6) is 5.75 Å². The van der Waals surface area contributed by atoms with E-state index in [-0.39, 0.29) is 17.1 Å². The van der Waals surface area contributed by atoms with E-state index in [9.17, 15) is 22.4 Å². The van der Waals surface area contributed by atoms with Gasteiger partial charge in [0.15, 0.2) is 0 Å². The minimum atomic E-state index is -5.00. The van der Waals surface area contributed by atoms with Crippen molar-refractivity contribution in [3.8, 4) is 5.75 Å². The number of H-pyrrole nitrogens is 1. The van der Waals surface area contributed by atoms with E-state index in [0.29, 0.717) is 36.4 Å². The summed E-state index contributed by atoms with van der Waals surface area (Å²) in [6.07, 6.45) is -3.09. The second kappa shape index (κ2) is 8.43. The van der Waals surface area contributed by atoms with Crippen LogP contribution in [0, 0.1) is 5.82 Å². The average molecular weight is 474 g/mol. The molecule has 1 aromatic carbocycles. The van der Waals surface area contributed by atoms with E-state index in [1.54, 1.807) is 4.57 Å². The molecule has 1 aliphatic rings. The highest BCUT2D eigenvalue weighted by Gasteiger charge is 2.35. The third kappa shape index (κ3) is 4.28. The van der Waals surface area contributed by atoms with E-state index in [4.69, 9.17) is 16.3 Å². The third-order valence-electron chi connectivity index (χ3n) is 5.00. The first-order valence-corrected chi connectivity index (χ1v) is 9.66. The second-order valence-electron chi connectivity index (χ2n) is 6.92. The molecule has 4 rings (SSSR count). The number of aromatic nitrogens is 4. The van der Waals surface area contributed by atoms with Crippen molar-refractivity contribution >= 4 is 17.3 Å². The van der Waals surface area contributed by atoms with E-state index in [1.165, 1.54) is 25.6 Å². The number of alkyl halides is 3. The van der Waals surface area contributed by atoms with Crippen LogP contribution in [-0.4, -0.2) is 39.8 Å². The van der Waals surface area contributed by atoms with Gasteiger partial charge in [0, 0.05) is 31.8 Å². The van der Waals surface area contributed by atoms with E-state index in [2.05, 4.69) is 19.9 Å². The number of hydrogen-bond acceptors (Lipinski definition) is 6. The number of nitrogens with one attached hydrogen (secondary N) is 1. The Balaban J connectivity index is 1.68. The summed E-state index contributed by atoms with van der Waals surface area (Å²) in [7, 11) is 1.32. The van der Waals surface area contributed by atoms with Crippen LogP contribution < -0.4 is 15.2 Å². The Hall–Kier alpha value is -3.12. The van der Waals surface area contributed by atoms with Gasteiger partial charge < -0.3 is 18.9 Å². The van der Waals surface area contributed by atoms with Crippen LogP contribution in [-0.2, 0) is 17.8 Å². The van der Waals surface area contributed by atoms with Crippen molar-refractivity contribution in [3.63, 3.8) is 0 Å². The smallest absolute Gasteiger partial charge is 0.405 e. The summed E-state index contributed by atoms with van der Waals surface area (Å²) in [4.78, 5) is 17.9. The zero-order chi connectivity index (χ0) is 23.0. The van der Waals surface area contributed by atoms with Gasteiger partial charge in [0.05, 0.1) is 30.3 Å². The predicted molar refractivity (Wildman–Crippen MR) is 105 cm³/mol. The molecular weight excluding hydrogens is 458 g/mol. The van der Waals surface area contributed by atoms with Crippen molar-refractivity contribution in [1.29, 1.82) is 0 Å². The molecule has 0 spiro atoms. The van der Waals surface area contributed by atoms with E-state index < -0.39 is 29.6 Å². The summed E-state index contributed by atoms with van der Waals surface area (Å²) in [5, 5.41) is 6.01. The van der Waals surface area contributed by atoms with Gasteiger partial charge in [-0.05, 0) is 12.1 Å². The number of hydrogen-bond donors (Lipinski definition) is 1. The molecule has 0 saturated carbocycles. The van der Waals surface area contributed by atoms with Crippen molar-refractivity contribution in [1.82, 2.24) is 19.7 Å². The average Bonchev–Trinajstić information content (AvgIpc) is 3.14. The summed E-state index contributed by atoms with van der Waals surface area (Å²) < 4.78 is 63.5. The fourth-order valence-electron chi connectivity index (χ4n) is 3.64. The summed E-state index contributed by atoms with van der Waals surface area (Å²) in [5.74, 6) is -0.999. The molecule has 0 saturated heterocycles. The molecule has 3 heterocycles. The molecule has 13 heteroatoms. The minimum Gasteiger partial charge on any atom is -0.405 e. The third-order valence-corrected chi connectivity index (χ3v) is 5.37. The SMILES string of the molecule is COC(c1ccc(F)cc1OC(F)(F)F)c1cnc2n1CCN(c1cn[nH]c(=O)c1Cl)C2. The topological polar surface area (TPSA) is 85.3 Å². The largest absolute Gasteiger partial charge is 0.573 e. The Kier molecular flexibility index (Phi) is 5.82. The maximum atomic E-state index is 13.6. The van der Waals surface area contributed by atoms with E-state index in [0.717, 1.165) is 6.07 Å². The van der Waals surface area contributed by atoms with Crippen molar-refractivity contribution < 1.29 is 27.0 Å². The summed E-state index contributed by atoms with van der Waals surface area (Å²) in [5.41, 5.74) is 0.384. The zero-order valence-corrected chi connectivity index (χ0v) is 17.2. The number of imidazole rings is 1. The van der Waals surface area contributed by atoms with Crippen molar-refractivity contribution in [2.24, 2.45) is 0 Å². The molecule has 32 heavy (non-hydrogen) atoms. The standard InChI is InChI=1S/C19H16ClF4N5O3/c1-31-17(11-3-2-10(21)6-14(11)32-19(22,23)24)13-7-25-15-9-28(4-5-29(13)15)12-8-26-27-18(30)16(12)20/h2-3,6-8,17H,4-5,9H2,1H3,(H,27,30). The highest BCUT2D eigenvalue weighted by Crippen LogP contribution is 2.37. The van der Waals surface area contributed by atoms with Crippen LogP contribution in [0.2, 0.25) is 5.02 Å². The second-order valence-corrected chi connectivity index (χ2v) is 7.29. The highest BCUT2D eigenvalue weighted by molar-refractivity contribution is 6.32. The number of fused-ring (bicyclic) bond motifs is 1. The van der Waals surface area contributed by atoms with Crippen molar-refractivity contribution in [3.05, 3.63) is 68.9 Å². The molecule has 0 radical (unpaired) electrons. The molecule has 1 N–H and O–H groups in total. The molecular formula is C19H16ClF4N5O3. The number of halogens is 5. The number of benzene rings is 1. The normalized spacial score (nSPS) is 14.9. The molecule has 8 nitrogen and oxygen atoms in total. The Labute approximate surface area is 183 Å². The predicted octanol–water partition coefficient (Wildman–Crippen LogP) is 3.41. The quantitative estimate of drug-likeness (QED) is 0.572. The molecule has 1 aliphatic heterocycles. The monoisotopic (exact) mass is 473 g/mol. The van der Waals surface area contributed by atoms with Gasteiger partial charge in [-0.2, -0.15) is 5.10 Å². The number of ether oxygens (including phenoxy) is 2. The Morgan fingerprint density at radius 1 is 1.25 bits per heavy atom. The van der Waals surface area contributed by atoms with Crippen LogP contribution in [0.1, 0.15) is 23.2 Å². The number of aromatic amines is 1. The number of methoxy groups -OCH3 is 1. The Morgan fingerprint density at radius 2 is 2.03 bits per heavy atom. The van der Waals surface area contributed by atoms with Crippen LogP contribution >= 0.6 is 11.6 Å². The van der Waals surface area contributed by atoms with Gasteiger partial charge in [0.1, 0.15) is 28.5 Å². The maximum absolute atomic E-state index is 13.6.